The van der Waals surface area contributed by atoms with Gasteiger partial charge < -0.3 is 9.32 Å². The zero-order valence-corrected chi connectivity index (χ0v) is 15.9. The van der Waals surface area contributed by atoms with Gasteiger partial charge in [0.05, 0.1) is 17.2 Å². The molecule has 7 nitrogen and oxygen atoms in total. The average Bonchev–Trinajstić information content (AvgIpc) is 3.22. The summed E-state index contributed by atoms with van der Waals surface area (Å²) in [6.45, 7) is 5.05. The van der Waals surface area contributed by atoms with E-state index in [9.17, 15) is 10.1 Å². The van der Waals surface area contributed by atoms with Crippen molar-refractivity contribution in [2.75, 3.05) is 11.4 Å². The van der Waals surface area contributed by atoms with Gasteiger partial charge in [0.15, 0.2) is 5.82 Å². The molecular weight excluding hydrogens is 356 g/mol. The number of hydrogen-bond donors (Lipinski definition) is 0. The Morgan fingerprint density at radius 1 is 1.21 bits per heavy atom. The van der Waals surface area contributed by atoms with E-state index in [0.29, 0.717) is 17.3 Å². The van der Waals surface area contributed by atoms with Crippen molar-refractivity contribution in [2.24, 2.45) is 5.92 Å². The normalized spacial score (nSPS) is 19.6. The molecule has 0 aliphatic carbocycles. The topological polar surface area (TPSA) is 85.3 Å². The molecule has 28 heavy (non-hydrogen) atoms. The van der Waals surface area contributed by atoms with Crippen LogP contribution in [0.1, 0.15) is 37.3 Å². The molecule has 1 aliphatic heterocycles. The van der Waals surface area contributed by atoms with Crippen LogP contribution in [0.2, 0.25) is 0 Å². The van der Waals surface area contributed by atoms with Crippen LogP contribution >= 0.6 is 0 Å². The van der Waals surface area contributed by atoms with Crippen molar-refractivity contribution in [3.8, 4) is 11.4 Å². The number of benzene rings is 1. The Labute approximate surface area is 163 Å². The van der Waals surface area contributed by atoms with Gasteiger partial charge in [-0.15, -0.1) is 0 Å². The number of aryl methyl sites for hydroxylation is 1. The Hall–Kier alpha value is -3.22. The molecule has 0 amide bonds. The number of hydrogen-bond acceptors (Lipinski definition) is 6. The van der Waals surface area contributed by atoms with Gasteiger partial charge in [0.1, 0.15) is 11.6 Å². The van der Waals surface area contributed by atoms with Gasteiger partial charge in [-0.25, -0.2) is 9.97 Å². The lowest BCUT2D eigenvalue weighted by molar-refractivity contribution is -0.384. The highest BCUT2D eigenvalue weighted by Gasteiger charge is 2.31. The molecule has 0 N–H and O–H groups in total. The van der Waals surface area contributed by atoms with E-state index >= 15 is 0 Å². The van der Waals surface area contributed by atoms with E-state index in [1.165, 1.54) is 12.1 Å². The lowest BCUT2D eigenvalue weighted by Gasteiger charge is -2.38. The zero-order chi connectivity index (χ0) is 19.7. The summed E-state index contributed by atoms with van der Waals surface area (Å²) in [6, 6.07) is 12.4. The molecule has 3 aromatic rings. The van der Waals surface area contributed by atoms with E-state index in [1.807, 2.05) is 25.1 Å². The van der Waals surface area contributed by atoms with Crippen LogP contribution in [0.3, 0.4) is 0 Å². The number of nitrogens with zero attached hydrogens (tertiary/aromatic N) is 4. The number of nitro groups is 1. The van der Waals surface area contributed by atoms with Crippen LogP contribution in [0.4, 0.5) is 11.5 Å². The number of nitro benzene ring substituents is 1. The third kappa shape index (κ3) is 3.60. The van der Waals surface area contributed by atoms with E-state index in [1.54, 1.807) is 18.4 Å². The first-order valence-corrected chi connectivity index (χ1v) is 9.42. The predicted octanol–water partition coefficient (Wildman–Crippen LogP) is 4.93. The molecule has 1 aliphatic rings. The van der Waals surface area contributed by atoms with Crippen LogP contribution in [0, 0.1) is 23.0 Å². The zero-order valence-electron chi connectivity index (χ0n) is 15.9. The summed E-state index contributed by atoms with van der Waals surface area (Å²) < 4.78 is 5.70. The van der Waals surface area contributed by atoms with E-state index < -0.39 is 4.92 Å². The molecule has 0 spiro atoms. The standard InChI is InChI=1S/C21H22N4O3/c1-14-8-9-24(18(11-14)19-7-4-10-28-19)20-12-15(2)22-21(23-20)16-5-3-6-17(13-16)25(26)27/h3-7,10,12-14,18H,8-9,11H2,1-2H3/t14-,18-/m1/s1. The average molecular weight is 378 g/mol. The Kier molecular flexibility index (Phi) is 4.81. The SMILES string of the molecule is Cc1cc(N2CC[C@@H](C)C[C@@H]2c2ccco2)nc(-c2cccc([N+](=O)[O-])c2)n1. The third-order valence-electron chi connectivity index (χ3n) is 5.19. The number of non-ortho nitro benzene ring substituents is 1. The molecule has 1 aromatic carbocycles. The van der Waals surface area contributed by atoms with Crippen molar-refractivity contribution in [1.82, 2.24) is 9.97 Å². The maximum Gasteiger partial charge on any atom is 0.270 e. The van der Waals surface area contributed by atoms with Crippen molar-refractivity contribution in [3.05, 3.63) is 70.3 Å². The molecule has 0 bridgehead atoms. The predicted molar refractivity (Wildman–Crippen MR) is 106 cm³/mol. The lowest BCUT2D eigenvalue weighted by Crippen LogP contribution is -2.36. The summed E-state index contributed by atoms with van der Waals surface area (Å²) in [5.41, 5.74) is 1.49. The molecule has 1 fully saturated rings. The van der Waals surface area contributed by atoms with Gasteiger partial charge in [0.25, 0.3) is 5.69 Å². The van der Waals surface area contributed by atoms with Crippen LogP contribution in [0.15, 0.2) is 53.1 Å². The van der Waals surface area contributed by atoms with Crippen molar-refractivity contribution >= 4 is 11.5 Å². The van der Waals surface area contributed by atoms with Gasteiger partial charge in [-0.2, -0.15) is 0 Å². The van der Waals surface area contributed by atoms with Gasteiger partial charge in [-0.3, -0.25) is 10.1 Å². The molecule has 144 valence electrons. The van der Waals surface area contributed by atoms with Crippen LogP contribution in [0.25, 0.3) is 11.4 Å². The summed E-state index contributed by atoms with van der Waals surface area (Å²) >= 11 is 0. The minimum absolute atomic E-state index is 0.0319. The molecule has 0 radical (unpaired) electrons. The van der Waals surface area contributed by atoms with Crippen molar-refractivity contribution in [3.63, 3.8) is 0 Å². The Bertz CT molecular complexity index is 987. The molecule has 2 aromatic heterocycles. The first kappa shape index (κ1) is 18.2. The maximum atomic E-state index is 11.1. The quantitative estimate of drug-likeness (QED) is 0.473. The largest absolute Gasteiger partial charge is 0.467 e. The molecule has 0 saturated carbocycles. The Morgan fingerprint density at radius 2 is 2.07 bits per heavy atom. The summed E-state index contributed by atoms with van der Waals surface area (Å²) in [7, 11) is 0. The molecule has 0 unspecified atom stereocenters. The summed E-state index contributed by atoms with van der Waals surface area (Å²) in [5.74, 6) is 2.85. The summed E-state index contributed by atoms with van der Waals surface area (Å²) in [6.07, 6.45) is 3.77. The van der Waals surface area contributed by atoms with Gasteiger partial charge in [0.2, 0.25) is 0 Å². The highest BCUT2D eigenvalue weighted by atomic mass is 16.6. The maximum absolute atomic E-state index is 11.1. The fourth-order valence-electron chi connectivity index (χ4n) is 3.75. The Balaban J connectivity index is 1.74. The first-order chi connectivity index (χ1) is 13.5. The third-order valence-corrected chi connectivity index (χ3v) is 5.19. The number of aromatic nitrogens is 2. The highest BCUT2D eigenvalue weighted by Crippen LogP contribution is 2.37. The second-order valence-corrected chi connectivity index (χ2v) is 7.35. The molecule has 1 saturated heterocycles. The monoisotopic (exact) mass is 378 g/mol. The van der Waals surface area contributed by atoms with Gasteiger partial charge in [-0.05, 0) is 37.8 Å². The molecule has 3 heterocycles. The van der Waals surface area contributed by atoms with Gasteiger partial charge in [0, 0.05) is 36.0 Å². The number of anilines is 1. The second kappa shape index (κ2) is 7.42. The fraction of sp³-hybridized carbons (Fsp3) is 0.333. The minimum atomic E-state index is -0.404. The fourth-order valence-corrected chi connectivity index (χ4v) is 3.75. The van der Waals surface area contributed by atoms with Gasteiger partial charge in [-0.1, -0.05) is 19.1 Å². The van der Waals surface area contributed by atoms with E-state index in [0.717, 1.165) is 36.7 Å². The second-order valence-electron chi connectivity index (χ2n) is 7.35. The van der Waals surface area contributed by atoms with E-state index in [-0.39, 0.29) is 11.7 Å². The van der Waals surface area contributed by atoms with Crippen molar-refractivity contribution in [2.45, 2.75) is 32.7 Å². The smallest absolute Gasteiger partial charge is 0.270 e. The lowest BCUT2D eigenvalue weighted by atomic mass is 9.91. The number of furan rings is 1. The highest BCUT2D eigenvalue weighted by molar-refractivity contribution is 5.61. The Morgan fingerprint density at radius 3 is 2.82 bits per heavy atom. The molecular formula is C21H22N4O3. The van der Waals surface area contributed by atoms with E-state index in [2.05, 4.69) is 16.8 Å². The van der Waals surface area contributed by atoms with Crippen molar-refractivity contribution in [1.29, 1.82) is 0 Å². The van der Waals surface area contributed by atoms with Crippen LogP contribution in [-0.2, 0) is 0 Å². The van der Waals surface area contributed by atoms with Gasteiger partial charge >= 0.3 is 0 Å². The van der Waals surface area contributed by atoms with Crippen LogP contribution < -0.4 is 4.90 Å². The summed E-state index contributed by atoms with van der Waals surface area (Å²) in [5, 5.41) is 11.1. The summed E-state index contributed by atoms with van der Waals surface area (Å²) in [4.78, 5) is 22.3. The van der Waals surface area contributed by atoms with E-state index in [4.69, 9.17) is 9.40 Å². The number of rotatable bonds is 4. The molecule has 2 atom stereocenters. The van der Waals surface area contributed by atoms with Crippen LogP contribution in [-0.4, -0.2) is 21.4 Å². The molecule has 4 rings (SSSR count). The number of piperidine rings is 1. The first-order valence-electron chi connectivity index (χ1n) is 9.42. The molecule has 7 heteroatoms. The van der Waals surface area contributed by atoms with Crippen LogP contribution in [0.5, 0.6) is 0 Å². The van der Waals surface area contributed by atoms with Crippen molar-refractivity contribution < 1.29 is 9.34 Å². The minimum Gasteiger partial charge on any atom is -0.467 e.